The van der Waals surface area contributed by atoms with Crippen LogP contribution in [0.5, 0.6) is 0 Å². The van der Waals surface area contributed by atoms with E-state index in [1.54, 1.807) is 0 Å². The summed E-state index contributed by atoms with van der Waals surface area (Å²) in [6.45, 7) is 1.99. The summed E-state index contributed by atoms with van der Waals surface area (Å²) in [4.78, 5) is 25.0. The predicted molar refractivity (Wildman–Crippen MR) is 56.4 cm³/mol. The van der Waals surface area contributed by atoms with Gasteiger partial charge in [-0.25, -0.2) is 0 Å². The van der Waals surface area contributed by atoms with E-state index in [1.165, 1.54) is 11.8 Å². The number of fused-ring (bicyclic) bond motifs is 2. The van der Waals surface area contributed by atoms with Gasteiger partial charge in [0.05, 0.1) is 0 Å². The first kappa shape index (κ1) is 10.0. The average molecular weight is 213 g/mol. The van der Waals surface area contributed by atoms with Crippen LogP contribution in [-0.2, 0) is 4.79 Å². The zero-order valence-corrected chi connectivity index (χ0v) is 9.18. The van der Waals surface area contributed by atoms with Gasteiger partial charge in [0.2, 0.25) is 0 Å². The van der Waals surface area contributed by atoms with Crippen molar-refractivity contribution in [2.45, 2.75) is 44.7 Å². The second kappa shape index (κ2) is 3.93. The van der Waals surface area contributed by atoms with Crippen molar-refractivity contribution in [2.75, 3.05) is 5.75 Å². The van der Waals surface area contributed by atoms with Crippen LogP contribution < -0.4 is 0 Å². The smallest absolute Gasteiger partial charge is 0.282 e. The Labute approximate surface area is 88.2 Å². The minimum absolute atomic E-state index is 0.174. The second-order valence-corrected chi connectivity index (χ2v) is 5.15. The van der Waals surface area contributed by atoms with E-state index >= 15 is 0 Å². The second-order valence-electron chi connectivity index (χ2n) is 3.94. The lowest BCUT2D eigenvalue weighted by atomic mass is 10.0. The van der Waals surface area contributed by atoms with Crippen LogP contribution in [-0.4, -0.2) is 33.8 Å². The number of carbonyl (C=O) groups excluding carboxylic acids is 2. The van der Waals surface area contributed by atoms with Crippen LogP contribution in [0, 0.1) is 0 Å². The quantitative estimate of drug-likeness (QED) is 0.669. The summed E-state index contributed by atoms with van der Waals surface area (Å²) >= 11 is 1.36. The van der Waals surface area contributed by atoms with Gasteiger partial charge >= 0.3 is 0 Å². The molecule has 1 amide bonds. The molecule has 3 nitrogen and oxygen atoms in total. The highest BCUT2D eigenvalue weighted by atomic mass is 32.2. The largest absolute Gasteiger partial charge is 0.327 e. The first-order valence-electron chi connectivity index (χ1n) is 5.19. The molecule has 0 saturated carbocycles. The van der Waals surface area contributed by atoms with E-state index in [4.69, 9.17) is 0 Å². The van der Waals surface area contributed by atoms with Gasteiger partial charge < -0.3 is 4.90 Å². The Kier molecular flexibility index (Phi) is 2.81. The molecule has 2 aliphatic rings. The van der Waals surface area contributed by atoms with Crippen molar-refractivity contribution in [1.29, 1.82) is 0 Å². The summed E-state index contributed by atoms with van der Waals surface area (Å²) in [5.41, 5.74) is 0. The molecule has 0 spiro atoms. The summed E-state index contributed by atoms with van der Waals surface area (Å²) in [6.07, 6.45) is 3.22. The summed E-state index contributed by atoms with van der Waals surface area (Å²) < 4.78 is 0. The Bertz CT molecular complexity index is 251. The molecule has 14 heavy (non-hydrogen) atoms. The van der Waals surface area contributed by atoms with Gasteiger partial charge in [-0.1, -0.05) is 18.7 Å². The van der Waals surface area contributed by atoms with Crippen LogP contribution in [0.2, 0.25) is 0 Å². The Morgan fingerprint density at radius 2 is 2.00 bits per heavy atom. The van der Waals surface area contributed by atoms with E-state index < -0.39 is 0 Å². The molecule has 0 aromatic rings. The average Bonchev–Trinajstić information content (AvgIpc) is 2.39. The number of nitrogens with zero attached hydrogens (tertiary/aromatic N) is 1. The van der Waals surface area contributed by atoms with Gasteiger partial charge in [-0.2, -0.15) is 0 Å². The Balaban J connectivity index is 2.07. The van der Waals surface area contributed by atoms with Gasteiger partial charge in [-0.05, 0) is 18.6 Å². The monoisotopic (exact) mass is 213 g/mol. The van der Waals surface area contributed by atoms with Crippen LogP contribution >= 0.6 is 11.8 Å². The third-order valence-corrected chi connectivity index (χ3v) is 3.77. The van der Waals surface area contributed by atoms with Crippen LogP contribution in [0.25, 0.3) is 0 Å². The van der Waals surface area contributed by atoms with E-state index in [1.807, 2.05) is 11.8 Å². The van der Waals surface area contributed by atoms with E-state index in [-0.39, 0.29) is 17.3 Å². The van der Waals surface area contributed by atoms with Gasteiger partial charge in [-0.15, -0.1) is 0 Å². The highest BCUT2D eigenvalue weighted by molar-refractivity contribution is 8.13. The first-order chi connectivity index (χ1) is 6.72. The molecule has 78 valence electrons. The lowest BCUT2D eigenvalue weighted by Crippen LogP contribution is -2.45. The third-order valence-electron chi connectivity index (χ3n) is 3.03. The minimum Gasteiger partial charge on any atom is -0.327 e. The number of ketones is 1. The van der Waals surface area contributed by atoms with Crippen LogP contribution in [0.3, 0.4) is 0 Å². The fourth-order valence-corrected chi connectivity index (χ4v) is 3.16. The van der Waals surface area contributed by atoms with Crippen molar-refractivity contribution in [1.82, 2.24) is 4.90 Å². The third kappa shape index (κ3) is 1.67. The maximum atomic E-state index is 11.7. The number of thioether (sulfide) groups is 1. The van der Waals surface area contributed by atoms with Crippen LogP contribution in [0.4, 0.5) is 4.79 Å². The fourth-order valence-electron chi connectivity index (χ4n) is 2.47. The molecule has 2 heterocycles. The summed E-state index contributed by atoms with van der Waals surface area (Å²) in [5, 5.41) is 0.174. The van der Waals surface area contributed by atoms with E-state index in [2.05, 4.69) is 0 Å². The minimum atomic E-state index is 0.174. The molecule has 2 unspecified atom stereocenters. The zero-order valence-electron chi connectivity index (χ0n) is 8.36. The Hall–Kier alpha value is -0.510. The summed E-state index contributed by atoms with van der Waals surface area (Å²) in [6, 6.07) is 0.431. The molecule has 4 heteroatoms. The van der Waals surface area contributed by atoms with Gasteiger partial charge in [0.1, 0.15) is 5.78 Å². The molecule has 0 aliphatic carbocycles. The number of Topliss-reactive ketones (excluding diaryl/α,β-unsaturated/α-hetero) is 1. The standard InChI is InChI=1S/C10H15NO2S/c1-2-14-10(13)11-7-3-4-8(11)6-9(12)5-7/h7-8H,2-6H2,1H3. The van der Waals surface area contributed by atoms with Gasteiger partial charge in [0.25, 0.3) is 5.24 Å². The molecule has 0 aromatic heterocycles. The zero-order chi connectivity index (χ0) is 10.1. The van der Waals surface area contributed by atoms with E-state index in [0.29, 0.717) is 18.6 Å². The number of piperidine rings is 1. The van der Waals surface area contributed by atoms with E-state index in [9.17, 15) is 9.59 Å². The SMILES string of the molecule is CCSC(=O)N1C2CCC1CC(=O)C2. The van der Waals surface area contributed by atoms with Crippen LogP contribution in [0.15, 0.2) is 0 Å². The molecule has 2 fully saturated rings. The normalized spacial score (nSPS) is 30.9. The lowest BCUT2D eigenvalue weighted by molar-refractivity contribution is -0.122. The number of amides is 1. The highest BCUT2D eigenvalue weighted by Crippen LogP contribution is 2.35. The number of rotatable bonds is 1. The van der Waals surface area contributed by atoms with Crippen molar-refractivity contribution in [3.63, 3.8) is 0 Å². The van der Waals surface area contributed by atoms with Gasteiger partial charge in [0.15, 0.2) is 0 Å². The topological polar surface area (TPSA) is 37.4 Å². The highest BCUT2D eigenvalue weighted by Gasteiger charge is 2.42. The maximum absolute atomic E-state index is 11.7. The molecule has 0 aromatic carbocycles. The molecule has 0 radical (unpaired) electrons. The van der Waals surface area contributed by atoms with Crippen molar-refractivity contribution >= 4 is 22.8 Å². The fraction of sp³-hybridized carbons (Fsp3) is 0.800. The van der Waals surface area contributed by atoms with Gasteiger partial charge in [0, 0.05) is 24.9 Å². The van der Waals surface area contributed by atoms with Crippen molar-refractivity contribution in [3.05, 3.63) is 0 Å². The van der Waals surface area contributed by atoms with Crippen molar-refractivity contribution in [3.8, 4) is 0 Å². The molecule has 2 rings (SSSR count). The van der Waals surface area contributed by atoms with Crippen molar-refractivity contribution in [2.24, 2.45) is 0 Å². The lowest BCUT2D eigenvalue weighted by Gasteiger charge is -2.33. The maximum Gasteiger partial charge on any atom is 0.282 e. The molecule has 2 saturated heterocycles. The van der Waals surface area contributed by atoms with Crippen LogP contribution in [0.1, 0.15) is 32.6 Å². The predicted octanol–water partition coefficient (Wildman–Crippen LogP) is 2.06. The van der Waals surface area contributed by atoms with Gasteiger partial charge in [-0.3, -0.25) is 9.59 Å². The molecule has 0 N–H and O–H groups in total. The molecule has 2 atom stereocenters. The number of hydrogen-bond acceptors (Lipinski definition) is 3. The van der Waals surface area contributed by atoms with Crippen molar-refractivity contribution < 1.29 is 9.59 Å². The molecule has 2 aliphatic heterocycles. The number of carbonyl (C=O) groups is 2. The van der Waals surface area contributed by atoms with E-state index in [0.717, 1.165) is 18.6 Å². The molecular weight excluding hydrogens is 198 g/mol. The summed E-state index contributed by atoms with van der Waals surface area (Å²) in [5.74, 6) is 1.16. The summed E-state index contributed by atoms with van der Waals surface area (Å²) in [7, 11) is 0. The number of hydrogen-bond donors (Lipinski definition) is 0. The molecular formula is C10H15NO2S. The Morgan fingerprint density at radius 1 is 1.43 bits per heavy atom. The molecule has 2 bridgehead atoms. The Morgan fingerprint density at radius 3 is 2.50 bits per heavy atom. The first-order valence-corrected chi connectivity index (χ1v) is 6.17.